The third-order valence-corrected chi connectivity index (χ3v) is 4.31. The molecular weight excluding hydrogens is 228 g/mol. The molecular formula is C14H26N2O2. The van der Waals surface area contributed by atoms with Crippen LogP contribution < -0.4 is 5.32 Å². The number of rotatable bonds is 3. The number of carbonyl (C=O) groups excluding carboxylic acids is 1. The summed E-state index contributed by atoms with van der Waals surface area (Å²) in [6.07, 6.45) is 6.78. The van der Waals surface area contributed by atoms with Gasteiger partial charge in [-0.15, -0.1) is 0 Å². The Labute approximate surface area is 110 Å². The van der Waals surface area contributed by atoms with Crippen molar-refractivity contribution in [1.29, 1.82) is 0 Å². The smallest absolute Gasteiger partial charge is 0.326 e. The summed E-state index contributed by atoms with van der Waals surface area (Å²) in [4.78, 5) is 14.9. The molecule has 0 atom stereocenters. The predicted octanol–water partition coefficient (Wildman–Crippen LogP) is 1.55. The molecule has 18 heavy (non-hydrogen) atoms. The number of nitrogens with one attached hydrogen (secondary N) is 1. The second kappa shape index (κ2) is 6.53. The maximum absolute atomic E-state index is 12.5. The van der Waals surface area contributed by atoms with E-state index in [9.17, 15) is 4.79 Å². The Hall–Kier alpha value is -0.610. The molecule has 2 rings (SSSR count). The van der Waals surface area contributed by atoms with Crippen LogP contribution in [0.2, 0.25) is 0 Å². The van der Waals surface area contributed by atoms with Crippen LogP contribution in [0.4, 0.5) is 0 Å². The second-order valence-electron chi connectivity index (χ2n) is 5.40. The fourth-order valence-electron chi connectivity index (χ4n) is 3.32. The fourth-order valence-corrected chi connectivity index (χ4v) is 3.32. The first kappa shape index (κ1) is 13.8. The van der Waals surface area contributed by atoms with Crippen molar-refractivity contribution in [1.82, 2.24) is 10.2 Å². The third kappa shape index (κ3) is 2.86. The normalized spacial score (nSPS) is 25.4. The molecule has 4 heteroatoms. The monoisotopic (exact) mass is 254 g/mol. The molecule has 1 aliphatic heterocycles. The highest BCUT2D eigenvalue weighted by atomic mass is 16.5. The fraction of sp³-hybridized carbons (Fsp3) is 0.929. The molecule has 0 unspecified atom stereocenters. The van der Waals surface area contributed by atoms with E-state index in [0.29, 0.717) is 6.61 Å². The summed E-state index contributed by atoms with van der Waals surface area (Å²) in [5.41, 5.74) is -0.325. The number of piperazine rings is 1. The molecule has 0 bridgehead atoms. The van der Waals surface area contributed by atoms with Crippen molar-refractivity contribution in [3.05, 3.63) is 0 Å². The minimum atomic E-state index is -0.325. The van der Waals surface area contributed by atoms with Gasteiger partial charge in [0.1, 0.15) is 5.54 Å². The van der Waals surface area contributed by atoms with Gasteiger partial charge in [-0.05, 0) is 19.8 Å². The number of carbonyl (C=O) groups is 1. The summed E-state index contributed by atoms with van der Waals surface area (Å²) in [7, 11) is 0. The third-order valence-electron chi connectivity index (χ3n) is 4.31. The Morgan fingerprint density at radius 1 is 1.17 bits per heavy atom. The van der Waals surface area contributed by atoms with Gasteiger partial charge in [0.25, 0.3) is 0 Å². The standard InChI is InChI=1S/C14H26N2O2/c1-2-18-13(17)14(7-5-3-4-6-8-14)16-11-9-15-10-12-16/h15H,2-12H2,1H3. The van der Waals surface area contributed by atoms with E-state index >= 15 is 0 Å². The molecule has 1 heterocycles. The van der Waals surface area contributed by atoms with Crippen LogP contribution in [0, 0.1) is 0 Å². The van der Waals surface area contributed by atoms with Crippen LogP contribution in [0.3, 0.4) is 0 Å². The predicted molar refractivity (Wildman–Crippen MR) is 71.5 cm³/mol. The Bertz CT molecular complexity index is 267. The zero-order valence-electron chi connectivity index (χ0n) is 11.5. The Morgan fingerprint density at radius 3 is 2.33 bits per heavy atom. The number of hydrogen-bond donors (Lipinski definition) is 1. The van der Waals surface area contributed by atoms with E-state index in [2.05, 4.69) is 10.2 Å². The highest BCUT2D eigenvalue weighted by molar-refractivity contribution is 5.81. The first-order valence-electron chi connectivity index (χ1n) is 7.42. The lowest BCUT2D eigenvalue weighted by molar-refractivity contribution is -0.160. The van der Waals surface area contributed by atoms with Gasteiger partial charge in [-0.3, -0.25) is 9.69 Å². The second-order valence-corrected chi connectivity index (χ2v) is 5.40. The topological polar surface area (TPSA) is 41.6 Å². The molecule has 0 spiro atoms. The highest BCUT2D eigenvalue weighted by Gasteiger charge is 2.45. The zero-order chi connectivity index (χ0) is 12.8. The zero-order valence-corrected chi connectivity index (χ0v) is 11.5. The molecule has 1 saturated heterocycles. The minimum Gasteiger partial charge on any atom is -0.465 e. The van der Waals surface area contributed by atoms with E-state index in [1.165, 1.54) is 12.8 Å². The summed E-state index contributed by atoms with van der Waals surface area (Å²) in [5, 5.41) is 3.36. The summed E-state index contributed by atoms with van der Waals surface area (Å²) < 4.78 is 5.39. The first-order valence-corrected chi connectivity index (χ1v) is 7.42. The first-order chi connectivity index (χ1) is 8.79. The van der Waals surface area contributed by atoms with Gasteiger partial charge in [-0.25, -0.2) is 0 Å². The number of esters is 1. The number of ether oxygens (including phenoxy) is 1. The molecule has 0 aromatic carbocycles. The van der Waals surface area contributed by atoms with Gasteiger partial charge < -0.3 is 10.1 Å². The van der Waals surface area contributed by atoms with Gasteiger partial charge in [0.05, 0.1) is 6.61 Å². The lowest BCUT2D eigenvalue weighted by atomic mass is 9.87. The van der Waals surface area contributed by atoms with Crippen LogP contribution in [-0.4, -0.2) is 49.2 Å². The Balaban J connectivity index is 2.16. The molecule has 0 aromatic heterocycles. The van der Waals surface area contributed by atoms with Crippen LogP contribution in [-0.2, 0) is 9.53 Å². The molecule has 0 radical (unpaired) electrons. The van der Waals surface area contributed by atoms with Crippen LogP contribution in [0.5, 0.6) is 0 Å². The van der Waals surface area contributed by atoms with Gasteiger partial charge in [0.2, 0.25) is 0 Å². The Morgan fingerprint density at radius 2 is 1.78 bits per heavy atom. The van der Waals surface area contributed by atoms with Crippen molar-refractivity contribution in [2.75, 3.05) is 32.8 Å². The van der Waals surface area contributed by atoms with Crippen LogP contribution >= 0.6 is 0 Å². The van der Waals surface area contributed by atoms with Crippen molar-refractivity contribution >= 4 is 5.97 Å². The van der Waals surface area contributed by atoms with Gasteiger partial charge in [0, 0.05) is 26.2 Å². The SMILES string of the molecule is CCOC(=O)C1(N2CCNCC2)CCCCCC1. The molecule has 1 N–H and O–H groups in total. The summed E-state index contributed by atoms with van der Waals surface area (Å²) >= 11 is 0. The van der Waals surface area contributed by atoms with E-state index < -0.39 is 0 Å². The van der Waals surface area contributed by atoms with Crippen molar-refractivity contribution in [3.63, 3.8) is 0 Å². The van der Waals surface area contributed by atoms with Gasteiger partial charge in [0.15, 0.2) is 0 Å². The van der Waals surface area contributed by atoms with E-state index in [4.69, 9.17) is 4.74 Å². The summed E-state index contributed by atoms with van der Waals surface area (Å²) in [6.45, 7) is 6.31. The van der Waals surface area contributed by atoms with E-state index in [1.54, 1.807) is 0 Å². The lowest BCUT2D eigenvalue weighted by Crippen LogP contribution is -2.60. The highest BCUT2D eigenvalue weighted by Crippen LogP contribution is 2.34. The Kier molecular flexibility index (Phi) is 5.01. The molecule has 2 fully saturated rings. The molecule has 104 valence electrons. The van der Waals surface area contributed by atoms with Crippen LogP contribution in [0.1, 0.15) is 45.4 Å². The quantitative estimate of drug-likeness (QED) is 0.613. The molecule has 1 aliphatic carbocycles. The van der Waals surface area contributed by atoms with E-state index in [0.717, 1.165) is 51.9 Å². The molecule has 0 aromatic rings. The van der Waals surface area contributed by atoms with E-state index in [1.807, 2.05) is 6.92 Å². The largest absolute Gasteiger partial charge is 0.465 e. The summed E-state index contributed by atoms with van der Waals surface area (Å²) in [5.74, 6) is 0.0220. The van der Waals surface area contributed by atoms with Crippen molar-refractivity contribution in [3.8, 4) is 0 Å². The van der Waals surface area contributed by atoms with Crippen molar-refractivity contribution < 1.29 is 9.53 Å². The van der Waals surface area contributed by atoms with Crippen molar-refractivity contribution in [2.45, 2.75) is 51.0 Å². The summed E-state index contributed by atoms with van der Waals surface area (Å²) in [6, 6.07) is 0. The molecule has 2 aliphatic rings. The minimum absolute atomic E-state index is 0.0220. The van der Waals surface area contributed by atoms with Gasteiger partial charge >= 0.3 is 5.97 Å². The molecule has 4 nitrogen and oxygen atoms in total. The van der Waals surface area contributed by atoms with E-state index in [-0.39, 0.29) is 11.5 Å². The maximum Gasteiger partial charge on any atom is 0.326 e. The molecule has 1 saturated carbocycles. The van der Waals surface area contributed by atoms with Crippen LogP contribution in [0.25, 0.3) is 0 Å². The van der Waals surface area contributed by atoms with Crippen LogP contribution in [0.15, 0.2) is 0 Å². The maximum atomic E-state index is 12.5. The number of nitrogens with zero attached hydrogens (tertiary/aromatic N) is 1. The molecule has 0 amide bonds. The average molecular weight is 254 g/mol. The van der Waals surface area contributed by atoms with Crippen molar-refractivity contribution in [2.24, 2.45) is 0 Å². The van der Waals surface area contributed by atoms with Gasteiger partial charge in [-0.2, -0.15) is 0 Å². The average Bonchev–Trinajstić information content (AvgIpc) is 2.67. The van der Waals surface area contributed by atoms with Gasteiger partial charge in [-0.1, -0.05) is 25.7 Å². The number of hydrogen-bond acceptors (Lipinski definition) is 4. The lowest BCUT2D eigenvalue weighted by Gasteiger charge is -2.43.